The number of ether oxygens (including phenoxy) is 1. The molecule has 0 bridgehead atoms. The summed E-state index contributed by atoms with van der Waals surface area (Å²) in [7, 11) is 0. The fourth-order valence-electron chi connectivity index (χ4n) is 1.83. The Bertz CT molecular complexity index is 724. The van der Waals surface area contributed by atoms with Crippen molar-refractivity contribution in [1.29, 1.82) is 0 Å². The molecular formula is C15H13Cl2NO4. The quantitative estimate of drug-likeness (QED) is 0.853. The molecule has 1 N–H and O–H groups in total. The molecule has 0 unspecified atom stereocenters. The molecule has 0 aliphatic rings. The van der Waals surface area contributed by atoms with E-state index < -0.39 is 18.5 Å². The molecule has 0 spiro atoms. The number of aryl methyl sites for hydroxylation is 2. The van der Waals surface area contributed by atoms with Gasteiger partial charge in [-0.3, -0.25) is 4.79 Å². The molecular weight excluding hydrogens is 329 g/mol. The summed E-state index contributed by atoms with van der Waals surface area (Å²) in [5.74, 6) is -0.0996. The van der Waals surface area contributed by atoms with E-state index in [9.17, 15) is 9.59 Å². The van der Waals surface area contributed by atoms with E-state index in [1.807, 2.05) is 0 Å². The minimum Gasteiger partial charge on any atom is -0.466 e. The first-order chi connectivity index (χ1) is 10.4. The highest BCUT2D eigenvalue weighted by Crippen LogP contribution is 2.29. The fraction of sp³-hybridized carbons (Fsp3) is 0.200. The van der Waals surface area contributed by atoms with Gasteiger partial charge in [0.05, 0.1) is 15.7 Å². The lowest BCUT2D eigenvalue weighted by Crippen LogP contribution is -2.21. The monoisotopic (exact) mass is 341 g/mol. The summed E-state index contributed by atoms with van der Waals surface area (Å²) in [5, 5.41) is 3.07. The van der Waals surface area contributed by atoms with E-state index in [1.165, 1.54) is 0 Å². The Morgan fingerprint density at radius 3 is 2.64 bits per heavy atom. The Labute approximate surface area is 137 Å². The number of furan rings is 1. The van der Waals surface area contributed by atoms with Crippen LogP contribution < -0.4 is 5.32 Å². The lowest BCUT2D eigenvalue weighted by atomic mass is 10.2. The summed E-state index contributed by atoms with van der Waals surface area (Å²) >= 11 is 11.8. The molecule has 0 saturated carbocycles. The Morgan fingerprint density at radius 2 is 2.00 bits per heavy atom. The normalized spacial score (nSPS) is 10.4. The molecule has 2 aromatic rings. The molecule has 5 nitrogen and oxygen atoms in total. The standard InChI is InChI=1S/C15H13Cl2NO4/c1-8-6-10(9(2)22-8)15(20)21-7-13(19)18-12-5-3-4-11(16)14(12)17/h3-6H,7H2,1-2H3,(H,18,19). The third-order valence-electron chi connectivity index (χ3n) is 2.82. The molecule has 0 radical (unpaired) electrons. The maximum atomic E-state index is 11.8. The van der Waals surface area contributed by atoms with E-state index >= 15 is 0 Å². The van der Waals surface area contributed by atoms with E-state index in [4.69, 9.17) is 32.4 Å². The Hall–Kier alpha value is -1.98. The van der Waals surface area contributed by atoms with Crippen LogP contribution in [-0.4, -0.2) is 18.5 Å². The number of amides is 1. The lowest BCUT2D eigenvalue weighted by Gasteiger charge is -2.08. The fourth-order valence-corrected chi connectivity index (χ4v) is 2.18. The van der Waals surface area contributed by atoms with Crippen molar-refractivity contribution in [3.05, 3.63) is 51.4 Å². The molecule has 116 valence electrons. The zero-order valence-electron chi connectivity index (χ0n) is 11.9. The van der Waals surface area contributed by atoms with Crippen LogP contribution in [0.25, 0.3) is 0 Å². The van der Waals surface area contributed by atoms with Crippen LogP contribution >= 0.6 is 23.2 Å². The van der Waals surface area contributed by atoms with Gasteiger partial charge in [-0.2, -0.15) is 0 Å². The average molecular weight is 342 g/mol. The third-order valence-corrected chi connectivity index (χ3v) is 3.64. The van der Waals surface area contributed by atoms with Crippen molar-refractivity contribution < 1.29 is 18.7 Å². The third kappa shape index (κ3) is 3.81. The number of nitrogens with one attached hydrogen (secondary N) is 1. The number of carbonyl (C=O) groups is 2. The van der Waals surface area contributed by atoms with Crippen LogP contribution in [0.15, 0.2) is 28.7 Å². The highest BCUT2D eigenvalue weighted by Gasteiger charge is 2.17. The summed E-state index contributed by atoms with van der Waals surface area (Å²) in [5.41, 5.74) is 0.650. The van der Waals surface area contributed by atoms with Crippen LogP contribution in [0.4, 0.5) is 5.69 Å². The van der Waals surface area contributed by atoms with Gasteiger partial charge in [0.25, 0.3) is 5.91 Å². The zero-order valence-corrected chi connectivity index (χ0v) is 13.4. The van der Waals surface area contributed by atoms with Crippen LogP contribution in [0.3, 0.4) is 0 Å². The average Bonchev–Trinajstić information content (AvgIpc) is 2.80. The van der Waals surface area contributed by atoms with Gasteiger partial charge in [-0.15, -0.1) is 0 Å². The molecule has 0 fully saturated rings. The van der Waals surface area contributed by atoms with E-state index in [2.05, 4.69) is 5.32 Å². The van der Waals surface area contributed by atoms with E-state index in [0.29, 0.717) is 27.8 Å². The van der Waals surface area contributed by atoms with Crippen molar-refractivity contribution in [1.82, 2.24) is 0 Å². The van der Waals surface area contributed by atoms with Crippen molar-refractivity contribution in [2.24, 2.45) is 0 Å². The summed E-state index contributed by atoms with van der Waals surface area (Å²) in [6.07, 6.45) is 0. The van der Waals surface area contributed by atoms with Crippen LogP contribution in [0.5, 0.6) is 0 Å². The van der Waals surface area contributed by atoms with Crippen LogP contribution in [0.2, 0.25) is 10.0 Å². The van der Waals surface area contributed by atoms with Gasteiger partial charge >= 0.3 is 5.97 Å². The summed E-state index contributed by atoms with van der Waals surface area (Å²) in [6, 6.07) is 6.40. The molecule has 1 amide bonds. The molecule has 7 heteroatoms. The molecule has 2 rings (SSSR count). The second kappa shape index (κ2) is 6.85. The predicted octanol–water partition coefficient (Wildman–Crippen LogP) is 4.00. The smallest absolute Gasteiger partial charge is 0.342 e. The number of esters is 1. The van der Waals surface area contributed by atoms with Gasteiger partial charge in [0.1, 0.15) is 17.1 Å². The number of hydrogen-bond acceptors (Lipinski definition) is 4. The predicted molar refractivity (Wildman–Crippen MR) is 83.6 cm³/mol. The van der Waals surface area contributed by atoms with Gasteiger partial charge < -0.3 is 14.5 Å². The number of anilines is 1. The van der Waals surface area contributed by atoms with Crippen LogP contribution in [-0.2, 0) is 9.53 Å². The molecule has 1 aromatic heterocycles. The van der Waals surface area contributed by atoms with E-state index in [0.717, 1.165) is 0 Å². The molecule has 0 aliphatic heterocycles. The highest BCUT2D eigenvalue weighted by molar-refractivity contribution is 6.44. The first-order valence-electron chi connectivity index (χ1n) is 6.36. The molecule has 0 saturated heterocycles. The maximum Gasteiger partial charge on any atom is 0.342 e. The molecule has 1 heterocycles. The van der Waals surface area contributed by atoms with Crippen molar-refractivity contribution >= 4 is 40.8 Å². The van der Waals surface area contributed by atoms with Gasteiger partial charge in [0, 0.05) is 0 Å². The summed E-state index contributed by atoms with van der Waals surface area (Å²) < 4.78 is 10.2. The summed E-state index contributed by atoms with van der Waals surface area (Å²) in [4.78, 5) is 23.6. The van der Waals surface area contributed by atoms with Crippen molar-refractivity contribution in [2.45, 2.75) is 13.8 Å². The Balaban J connectivity index is 1.94. The maximum absolute atomic E-state index is 11.8. The number of hydrogen-bond donors (Lipinski definition) is 1. The second-order valence-electron chi connectivity index (χ2n) is 4.55. The first kappa shape index (κ1) is 16.4. The topological polar surface area (TPSA) is 68.5 Å². The van der Waals surface area contributed by atoms with Crippen LogP contribution in [0.1, 0.15) is 21.9 Å². The van der Waals surface area contributed by atoms with Gasteiger partial charge in [-0.05, 0) is 32.0 Å². The number of carbonyl (C=O) groups excluding carboxylic acids is 2. The van der Waals surface area contributed by atoms with Crippen molar-refractivity contribution in [3.8, 4) is 0 Å². The first-order valence-corrected chi connectivity index (χ1v) is 7.12. The van der Waals surface area contributed by atoms with E-state index in [-0.39, 0.29) is 5.02 Å². The lowest BCUT2D eigenvalue weighted by molar-refractivity contribution is -0.119. The SMILES string of the molecule is Cc1cc(C(=O)OCC(=O)Nc2cccc(Cl)c2Cl)c(C)o1. The molecule has 22 heavy (non-hydrogen) atoms. The minimum atomic E-state index is -0.623. The van der Waals surface area contributed by atoms with Gasteiger partial charge in [0.15, 0.2) is 6.61 Å². The molecule has 1 aromatic carbocycles. The molecule has 0 atom stereocenters. The highest BCUT2D eigenvalue weighted by atomic mass is 35.5. The van der Waals surface area contributed by atoms with Crippen LogP contribution in [0, 0.1) is 13.8 Å². The Kier molecular flexibility index (Phi) is 5.11. The second-order valence-corrected chi connectivity index (χ2v) is 5.34. The Morgan fingerprint density at radius 1 is 1.27 bits per heavy atom. The number of benzene rings is 1. The van der Waals surface area contributed by atoms with Crippen molar-refractivity contribution in [3.63, 3.8) is 0 Å². The van der Waals surface area contributed by atoms with Gasteiger partial charge in [-0.25, -0.2) is 4.79 Å². The van der Waals surface area contributed by atoms with Gasteiger partial charge in [0.2, 0.25) is 0 Å². The number of halogens is 2. The van der Waals surface area contributed by atoms with Gasteiger partial charge in [-0.1, -0.05) is 29.3 Å². The minimum absolute atomic E-state index is 0.227. The zero-order chi connectivity index (χ0) is 16.3. The molecule has 0 aliphatic carbocycles. The van der Waals surface area contributed by atoms with Crippen molar-refractivity contribution in [2.75, 3.05) is 11.9 Å². The summed E-state index contributed by atoms with van der Waals surface area (Å²) in [6.45, 7) is 2.93. The number of rotatable bonds is 4. The largest absolute Gasteiger partial charge is 0.466 e. The van der Waals surface area contributed by atoms with E-state index in [1.54, 1.807) is 38.1 Å².